The highest BCUT2D eigenvalue weighted by molar-refractivity contribution is 6.27. The van der Waals surface area contributed by atoms with Crippen LogP contribution in [-0.4, -0.2) is 4.57 Å². The van der Waals surface area contributed by atoms with Gasteiger partial charge in [0, 0.05) is 33.5 Å². The number of aromatic nitrogens is 1. The Hall–Kier alpha value is -8.20. The third-order valence-electron chi connectivity index (χ3n) is 14.1. The van der Waals surface area contributed by atoms with Crippen LogP contribution < -0.4 is 4.90 Å². The second kappa shape index (κ2) is 12.9. The molecule has 0 fully saturated rings. The molecule has 0 amide bonds. The van der Waals surface area contributed by atoms with E-state index in [0.717, 1.165) is 17.1 Å². The van der Waals surface area contributed by atoms with Gasteiger partial charge in [0.15, 0.2) is 0 Å². The van der Waals surface area contributed by atoms with E-state index in [4.69, 9.17) is 0 Å². The second-order valence-corrected chi connectivity index (χ2v) is 17.2. The van der Waals surface area contributed by atoms with Crippen molar-refractivity contribution < 1.29 is 0 Å². The standard InChI is InChI=1S/C61H38N2/c1-2-17-46(18-3-1)63-56-24-12-23-54-59(56)60-57(63)34-29-44-35-45(38-55(58(44)60)61(54)52-21-10-8-19-50(52)51-20-9-11-22-53(51)61)41-25-30-47(31-26-41)62(48-32-27-39-13-4-6-15-42(39)36-48)49-33-28-40-14-5-7-16-43(40)37-49/h1-38H. The van der Waals surface area contributed by atoms with Gasteiger partial charge in [-0.2, -0.15) is 0 Å². The van der Waals surface area contributed by atoms with Crippen molar-refractivity contribution in [3.63, 3.8) is 0 Å². The lowest BCUT2D eigenvalue weighted by molar-refractivity contribution is 0.783. The summed E-state index contributed by atoms with van der Waals surface area (Å²) in [5, 5.41) is 10.2. The molecule has 0 saturated carbocycles. The predicted molar refractivity (Wildman–Crippen MR) is 264 cm³/mol. The summed E-state index contributed by atoms with van der Waals surface area (Å²) in [4.78, 5) is 2.39. The lowest BCUT2D eigenvalue weighted by atomic mass is 9.62. The van der Waals surface area contributed by atoms with E-state index in [1.807, 2.05) is 0 Å². The van der Waals surface area contributed by atoms with Gasteiger partial charge in [-0.15, -0.1) is 0 Å². The fraction of sp³-hybridized carbons (Fsp3) is 0.0164. The molecular formula is C61H38N2. The first-order valence-electron chi connectivity index (χ1n) is 21.9. The molecule has 2 aliphatic carbocycles. The molecule has 11 aromatic carbocycles. The van der Waals surface area contributed by atoms with Gasteiger partial charge in [-0.1, -0.05) is 158 Å². The lowest BCUT2D eigenvalue weighted by Gasteiger charge is -2.38. The van der Waals surface area contributed by atoms with Gasteiger partial charge in [0.25, 0.3) is 0 Å². The quantitative estimate of drug-likeness (QED) is 0.168. The Labute approximate surface area is 365 Å². The van der Waals surface area contributed by atoms with E-state index in [0.29, 0.717) is 0 Å². The van der Waals surface area contributed by atoms with Crippen molar-refractivity contribution in [2.24, 2.45) is 0 Å². The van der Waals surface area contributed by atoms with E-state index >= 15 is 0 Å². The van der Waals surface area contributed by atoms with Gasteiger partial charge in [0.2, 0.25) is 0 Å². The van der Waals surface area contributed by atoms with E-state index in [1.54, 1.807) is 0 Å². The third-order valence-corrected chi connectivity index (χ3v) is 14.1. The van der Waals surface area contributed by atoms with Crippen molar-refractivity contribution >= 4 is 71.2 Å². The largest absolute Gasteiger partial charge is 0.310 e. The first-order chi connectivity index (χ1) is 31.2. The van der Waals surface area contributed by atoms with Crippen LogP contribution in [-0.2, 0) is 5.41 Å². The number of nitrogens with zero attached hydrogens (tertiary/aromatic N) is 2. The molecule has 0 unspecified atom stereocenters. The summed E-state index contributed by atoms with van der Waals surface area (Å²) in [7, 11) is 0. The summed E-state index contributed by atoms with van der Waals surface area (Å²) in [5.74, 6) is 0. The van der Waals surface area contributed by atoms with E-state index in [1.165, 1.54) is 104 Å². The van der Waals surface area contributed by atoms with Crippen molar-refractivity contribution in [2.45, 2.75) is 5.41 Å². The summed E-state index contributed by atoms with van der Waals surface area (Å²) in [6.07, 6.45) is 0. The highest BCUT2D eigenvalue weighted by atomic mass is 15.1. The molecule has 1 heterocycles. The van der Waals surface area contributed by atoms with Crippen LogP contribution in [0.1, 0.15) is 22.3 Å². The minimum Gasteiger partial charge on any atom is -0.310 e. The SMILES string of the molecule is c1ccc(-n2c3cccc4c3c3c5c(cc(-c6ccc(N(c7ccc8ccccc8c7)c7ccc8ccccc8c7)cc6)cc5ccc32)C42c3ccccc3-c3ccccc32)cc1. The van der Waals surface area contributed by atoms with Crippen LogP contribution >= 0.6 is 0 Å². The molecule has 0 bridgehead atoms. The molecule has 0 N–H and O–H groups in total. The number of anilines is 3. The summed E-state index contributed by atoms with van der Waals surface area (Å²) >= 11 is 0. The highest BCUT2D eigenvalue weighted by Gasteiger charge is 2.50. The Bertz CT molecular complexity index is 3730. The molecule has 0 atom stereocenters. The Morgan fingerprint density at radius 1 is 0.302 bits per heavy atom. The van der Waals surface area contributed by atoms with Gasteiger partial charge in [-0.25, -0.2) is 0 Å². The number of hydrogen-bond donors (Lipinski definition) is 0. The summed E-state index contributed by atoms with van der Waals surface area (Å²) in [6, 6.07) is 85.9. The average Bonchev–Trinajstić information content (AvgIpc) is 3.85. The summed E-state index contributed by atoms with van der Waals surface area (Å²) < 4.78 is 2.48. The normalized spacial score (nSPS) is 13.2. The summed E-state index contributed by atoms with van der Waals surface area (Å²) in [5.41, 5.74) is 17.0. The molecule has 2 aliphatic rings. The molecule has 2 nitrogen and oxygen atoms in total. The summed E-state index contributed by atoms with van der Waals surface area (Å²) in [6.45, 7) is 0. The minimum atomic E-state index is -0.506. The van der Waals surface area contributed by atoms with Crippen LogP contribution in [0.2, 0.25) is 0 Å². The zero-order valence-corrected chi connectivity index (χ0v) is 34.3. The van der Waals surface area contributed by atoms with Crippen molar-refractivity contribution in [1.82, 2.24) is 4.57 Å². The predicted octanol–water partition coefficient (Wildman–Crippen LogP) is 16.1. The number of fused-ring (bicyclic) bond motifs is 9. The molecule has 0 radical (unpaired) electrons. The molecule has 14 rings (SSSR count). The van der Waals surface area contributed by atoms with Gasteiger partial charge in [0.1, 0.15) is 0 Å². The minimum absolute atomic E-state index is 0.506. The number of para-hydroxylation sites is 1. The van der Waals surface area contributed by atoms with E-state index in [9.17, 15) is 0 Å². The van der Waals surface area contributed by atoms with E-state index in [2.05, 4.69) is 240 Å². The van der Waals surface area contributed by atoms with Crippen LogP contribution in [0.3, 0.4) is 0 Å². The number of benzene rings is 11. The Morgan fingerprint density at radius 2 is 0.841 bits per heavy atom. The maximum Gasteiger partial charge on any atom is 0.0726 e. The van der Waals surface area contributed by atoms with Crippen molar-refractivity contribution in [3.05, 3.63) is 253 Å². The van der Waals surface area contributed by atoms with Crippen molar-refractivity contribution in [1.29, 1.82) is 0 Å². The number of hydrogen-bond acceptors (Lipinski definition) is 1. The molecule has 1 spiro atoms. The second-order valence-electron chi connectivity index (χ2n) is 17.2. The molecule has 63 heavy (non-hydrogen) atoms. The molecule has 0 saturated heterocycles. The van der Waals surface area contributed by atoms with Crippen LogP contribution in [0.5, 0.6) is 0 Å². The van der Waals surface area contributed by atoms with E-state index < -0.39 is 5.41 Å². The average molecular weight is 799 g/mol. The Balaban J connectivity index is 1.01. The zero-order valence-electron chi connectivity index (χ0n) is 34.3. The Kier molecular flexibility index (Phi) is 7.07. The fourth-order valence-electron chi connectivity index (χ4n) is 11.5. The van der Waals surface area contributed by atoms with Gasteiger partial charge in [-0.3, -0.25) is 0 Å². The van der Waals surface area contributed by atoms with Crippen LogP contribution in [0.15, 0.2) is 231 Å². The first-order valence-corrected chi connectivity index (χ1v) is 21.9. The number of rotatable bonds is 5. The van der Waals surface area contributed by atoms with Gasteiger partial charge < -0.3 is 9.47 Å². The van der Waals surface area contributed by atoms with E-state index in [-0.39, 0.29) is 0 Å². The molecule has 12 aromatic rings. The highest BCUT2D eigenvalue weighted by Crippen LogP contribution is 2.62. The smallest absolute Gasteiger partial charge is 0.0726 e. The fourth-order valence-corrected chi connectivity index (χ4v) is 11.5. The van der Waals surface area contributed by atoms with Gasteiger partial charge in [0.05, 0.1) is 16.4 Å². The monoisotopic (exact) mass is 798 g/mol. The van der Waals surface area contributed by atoms with Crippen molar-refractivity contribution in [2.75, 3.05) is 4.90 Å². The topological polar surface area (TPSA) is 8.17 Å². The maximum absolute atomic E-state index is 2.53. The van der Waals surface area contributed by atoms with Gasteiger partial charge in [-0.05, 0) is 150 Å². The molecular weight excluding hydrogens is 761 g/mol. The van der Waals surface area contributed by atoms with Crippen LogP contribution in [0.4, 0.5) is 17.1 Å². The van der Waals surface area contributed by atoms with Gasteiger partial charge >= 0.3 is 0 Å². The maximum atomic E-state index is 2.53. The Morgan fingerprint density at radius 3 is 1.51 bits per heavy atom. The van der Waals surface area contributed by atoms with Crippen molar-refractivity contribution in [3.8, 4) is 27.9 Å². The first kappa shape index (κ1) is 34.5. The van der Waals surface area contributed by atoms with Crippen LogP contribution in [0, 0.1) is 0 Å². The zero-order chi connectivity index (χ0) is 41.2. The molecule has 0 aliphatic heterocycles. The molecule has 1 aromatic heterocycles. The third kappa shape index (κ3) is 4.72. The lowest BCUT2D eigenvalue weighted by Crippen LogP contribution is -2.30. The molecule has 2 heteroatoms. The van der Waals surface area contributed by atoms with Crippen LogP contribution in [0.25, 0.3) is 82.1 Å². The molecule has 292 valence electrons.